The molecule has 3 aromatic rings. The molecule has 0 saturated heterocycles. The summed E-state index contributed by atoms with van der Waals surface area (Å²) in [5.41, 5.74) is -0.604. The number of aliphatic hydroxyl groups is 1. The normalized spacial score (nSPS) is 20.0. The van der Waals surface area contributed by atoms with Gasteiger partial charge in [-0.15, -0.1) is 0 Å². The fraction of sp³-hybridized carbons (Fsp3) is 0.364. The molecule has 2 heterocycles. The monoisotopic (exact) mass is 574 g/mol. The molecule has 1 fully saturated rings. The van der Waals surface area contributed by atoms with Crippen molar-refractivity contribution in [1.82, 2.24) is 19.7 Å². The number of carbonyl (C=O) groups is 1. The molecular formula is C22H22ClF3N6O5S. The Labute approximate surface area is 220 Å². The molecule has 11 nitrogen and oxygen atoms in total. The van der Waals surface area contributed by atoms with Gasteiger partial charge in [-0.2, -0.15) is 26.7 Å². The molecule has 0 amide bonds. The number of nitrogens with one attached hydrogen (secondary N) is 1. The Morgan fingerprint density at radius 2 is 2.05 bits per heavy atom. The van der Waals surface area contributed by atoms with Crippen LogP contribution in [0.1, 0.15) is 40.0 Å². The van der Waals surface area contributed by atoms with E-state index in [1.807, 2.05) is 0 Å². The highest BCUT2D eigenvalue weighted by Crippen LogP contribution is 2.32. The van der Waals surface area contributed by atoms with Gasteiger partial charge in [0.05, 0.1) is 30.4 Å². The van der Waals surface area contributed by atoms with Gasteiger partial charge in [-0.25, -0.2) is 15.1 Å². The largest absolute Gasteiger partial charge is 0.416 e. The summed E-state index contributed by atoms with van der Waals surface area (Å²) in [6, 6.07) is 4.00. The maximum absolute atomic E-state index is 13.2. The van der Waals surface area contributed by atoms with Gasteiger partial charge in [-0.05, 0) is 42.7 Å². The minimum Gasteiger partial charge on any atom is -0.393 e. The van der Waals surface area contributed by atoms with E-state index in [0.29, 0.717) is 6.42 Å². The lowest BCUT2D eigenvalue weighted by Gasteiger charge is -2.15. The van der Waals surface area contributed by atoms with Crippen LogP contribution in [0.15, 0.2) is 43.0 Å². The Morgan fingerprint density at radius 3 is 2.76 bits per heavy atom. The molecule has 16 heteroatoms. The Kier molecular flexibility index (Phi) is 8.04. The molecule has 0 spiro atoms. The van der Waals surface area contributed by atoms with Crippen molar-refractivity contribution in [1.29, 1.82) is 0 Å². The van der Waals surface area contributed by atoms with Gasteiger partial charge in [-0.3, -0.25) is 13.7 Å². The number of benzene rings is 1. The fourth-order valence-corrected chi connectivity index (χ4v) is 4.68. The van der Waals surface area contributed by atoms with E-state index in [0.717, 1.165) is 18.2 Å². The van der Waals surface area contributed by atoms with Crippen LogP contribution in [0.25, 0.3) is 0 Å². The number of hydrogen-bond donors (Lipinski definition) is 3. The summed E-state index contributed by atoms with van der Waals surface area (Å²) in [7, 11) is -4.15. The number of alkyl halides is 3. The quantitative estimate of drug-likeness (QED) is 0.326. The summed E-state index contributed by atoms with van der Waals surface area (Å²) in [6.45, 7) is -0.393. The van der Waals surface area contributed by atoms with Crippen molar-refractivity contribution in [2.24, 2.45) is 11.1 Å². The zero-order chi connectivity index (χ0) is 27.7. The third-order valence-electron chi connectivity index (χ3n) is 5.98. The molecule has 38 heavy (non-hydrogen) atoms. The molecule has 0 unspecified atom stereocenters. The van der Waals surface area contributed by atoms with Crippen molar-refractivity contribution < 1.29 is 35.7 Å². The van der Waals surface area contributed by atoms with Crippen LogP contribution in [0.5, 0.6) is 0 Å². The smallest absolute Gasteiger partial charge is 0.393 e. The van der Waals surface area contributed by atoms with E-state index in [2.05, 4.69) is 24.6 Å². The van der Waals surface area contributed by atoms with Crippen LogP contribution in [-0.4, -0.2) is 57.8 Å². The number of ketones is 1. The molecule has 0 bridgehead atoms. The minimum absolute atomic E-state index is 0.00293. The average Bonchev–Trinajstić information content (AvgIpc) is 3.44. The Morgan fingerprint density at radius 1 is 1.29 bits per heavy atom. The lowest BCUT2D eigenvalue weighted by Crippen LogP contribution is -2.24. The second kappa shape index (κ2) is 10.9. The first-order valence-electron chi connectivity index (χ1n) is 11.2. The molecule has 1 aliphatic carbocycles. The van der Waals surface area contributed by atoms with Crippen LogP contribution in [0.4, 0.5) is 19.0 Å². The number of nitrogens with two attached hydrogens (primary N) is 1. The Balaban J connectivity index is 1.47. The summed E-state index contributed by atoms with van der Waals surface area (Å²) >= 11 is 6.06. The van der Waals surface area contributed by atoms with E-state index in [1.165, 1.54) is 29.5 Å². The highest BCUT2D eigenvalue weighted by atomic mass is 35.5. The SMILES string of the molecule is NS(=O)(=O)OC[C@H]1C[C@@H](Nc2ncncc2C(=O)c2ccn(Cc3cc(C(F)(F)F)ccc3Cl)n2)C[C@@H]1O. The first-order valence-corrected chi connectivity index (χ1v) is 13.0. The fourth-order valence-electron chi connectivity index (χ4n) is 4.14. The maximum atomic E-state index is 13.2. The van der Waals surface area contributed by atoms with Gasteiger partial charge in [0.25, 0.3) is 0 Å². The van der Waals surface area contributed by atoms with E-state index in [1.54, 1.807) is 0 Å². The van der Waals surface area contributed by atoms with Crippen molar-refractivity contribution in [3.63, 3.8) is 0 Å². The van der Waals surface area contributed by atoms with Crippen molar-refractivity contribution in [3.05, 3.63) is 70.4 Å². The van der Waals surface area contributed by atoms with E-state index in [9.17, 15) is 31.5 Å². The second-order valence-corrected chi connectivity index (χ2v) is 10.4. The van der Waals surface area contributed by atoms with Crippen LogP contribution in [0, 0.1) is 5.92 Å². The van der Waals surface area contributed by atoms with Crippen LogP contribution < -0.4 is 10.5 Å². The number of rotatable bonds is 9. The minimum atomic E-state index is -4.54. The summed E-state index contributed by atoms with van der Waals surface area (Å²) in [5, 5.41) is 22.5. The average molecular weight is 575 g/mol. The zero-order valence-corrected chi connectivity index (χ0v) is 21.0. The summed E-state index contributed by atoms with van der Waals surface area (Å²) in [4.78, 5) is 21.2. The van der Waals surface area contributed by atoms with Crippen molar-refractivity contribution in [2.45, 2.75) is 37.7 Å². The van der Waals surface area contributed by atoms with E-state index >= 15 is 0 Å². The van der Waals surface area contributed by atoms with Crippen LogP contribution in [0.2, 0.25) is 5.02 Å². The second-order valence-electron chi connectivity index (χ2n) is 8.73. The number of hydrogen-bond acceptors (Lipinski definition) is 9. The molecule has 4 rings (SSSR count). The lowest BCUT2D eigenvalue weighted by atomic mass is 10.1. The highest BCUT2D eigenvalue weighted by Gasteiger charge is 2.35. The Bertz CT molecular complexity index is 1430. The Hall–Kier alpha value is -3.11. The van der Waals surface area contributed by atoms with Gasteiger partial charge in [0.15, 0.2) is 0 Å². The third kappa shape index (κ3) is 6.85. The number of anilines is 1. The van der Waals surface area contributed by atoms with Gasteiger partial charge in [0.1, 0.15) is 17.8 Å². The maximum Gasteiger partial charge on any atom is 0.416 e. The number of aliphatic hydroxyl groups excluding tert-OH is 1. The number of halogens is 4. The number of nitrogens with zero attached hydrogens (tertiary/aromatic N) is 4. The van der Waals surface area contributed by atoms with Gasteiger partial charge >= 0.3 is 16.5 Å². The van der Waals surface area contributed by atoms with E-state index < -0.39 is 39.8 Å². The first-order chi connectivity index (χ1) is 17.8. The first kappa shape index (κ1) is 27.9. The van der Waals surface area contributed by atoms with Crippen molar-refractivity contribution >= 4 is 33.5 Å². The molecule has 1 saturated carbocycles. The van der Waals surface area contributed by atoms with Gasteiger partial charge < -0.3 is 10.4 Å². The van der Waals surface area contributed by atoms with Crippen molar-refractivity contribution in [3.8, 4) is 0 Å². The highest BCUT2D eigenvalue weighted by molar-refractivity contribution is 7.84. The standard InChI is InChI=1S/C22H22ClF3N6O5S/c23-17-2-1-14(22(24,25)26)5-12(17)9-32-4-3-18(31-32)20(34)16-8-28-11-29-21(16)30-15-6-13(19(33)7-15)10-37-38(27,35)36/h1-5,8,11,13,15,19,33H,6-7,9-10H2,(H2,27,35,36)(H,28,29,30)/t13-,15-,19+/m1/s1. The molecule has 2 aromatic heterocycles. The lowest BCUT2D eigenvalue weighted by molar-refractivity contribution is -0.137. The molecule has 0 aliphatic heterocycles. The molecule has 1 aliphatic rings. The molecule has 204 valence electrons. The topological polar surface area (TPSA) is 162 Å². The van der Waals surface area contributed by atoms with Crippen LogP contribution >= 0.6 is 11.6 Å². The number of aromatic nitrogens is 4. The summed E-state index contributed by atoms with van der Waals surface area (Å²) in [5.74, 6) is -0.884. The van der Waals surface area contributed by atoms with Crippen molar-refractivity contribution in [2.75, 3.05) is 11.9 Å². The van der Waals surface area contributed by atoms with Gasteiger partial charge in [-0.1, -0.05) is 11.6 Å². The van der Waals surface area contributed by atoms with Gasteiger partial charge in [0.2, 0.25) is 5.78 Å². The molecule has 4 N–H and O–H groups in total. The summed E-state index contributed by atoms with van der Waals surface area (Å²) < 4.78 is 67.2. The molecule has 0 radical (unpaired) electrons. The van der Waals surface area contributed by atoms with Crippen LogP contribution in [0.3, 0.4) is 0 Å². The predicted molar refractivity (Wildman–Crippen MR) is 128 cm³/mol. The van der Waals surface area contributed by atoms with E-state index in [4.69, 9.17) is 16.7 Å². The summed E-state index contributed by atoms with van der Waals surface area (Å²) in [6.07, 6.45) is -0.902. The molecule has 3 atom stereocenters. The third-order valence-corrected chi connectivity index (χ3v) is 6.81. The van der Waals surface area contributed by atoms with E-state index in [-0.39, 0.29) is 53.3 Å². The van der Waals surface area contributed by atoms with Gasteiger partial charge in [0, 0.05) is 29.4 Å². The predicted octanol–water partition coefficient (Wildman–Crippen LogP) is 2.40. The molecular weight excluding hydrogens is 553 g/mol. The van der Waals surface area contributed by atoms with Crippen LogP contribution in [-0.2, 0) is 27.2 Å². The number of carbonyl (C=O) groups excluding carboxylic acids is 1. The zero-order valence-electron chi connectivity index (χ0n) is 19.5. The molecule has 1 aromatic carbocycles.